The number of ether oxygens (including phenoxy) is 1. The van der Waals surface area contributed by atoms with Crippen molar-refractivity contribution in [2.24, 2.45) is 14.1 Å². The molecule has 8 heteroatoms. The highest BCUT2D eigenvalue weighted by Crippen LogP contribution is 2.29. The van der Waals surface area contributed by atoms with Crippen molar-refractivity contribution in [3.05, 3.63) is 64.4 Å². The maximum Gasteiger partial charge on any atom is 0.278 e. The zero-order valence-electron chi connectivity index (χ0n) is 18.4. The van der Waals surface area contributed by atoms with Crippen molar-refractivity contribution in [2.75, 3.05) is 19.4 Å². The summed E-state index contributed by atoms with van der Waals surface area (Å²) in [6.07, 6.45) is 1.80. The monoisotopic (exact) mass is 450 g/mol. The number of rotatable bonds is 8. The van der Waals surface area contributed by atoms with Crippen molar-refractivity contribution < 1.29 is 9.53 Å². The average Bonchev–Trinajstić information content (AvgIpc) is 3.09. The van der Waals surface area contributed by atoms with E-state index in [4.69, 9.17) is 9.72 Å². The highest BCUT2D eigenvalue weighted by atomic mass is 32.2. The van der Waals surface area contributed by atoms with E-state index in [1.54, 1.807) is 14.2 Å². The standard InChI is InChI=1S/C24H26N4O3S/c1-27-19-12-11-17(31-3)14-18(19)21-22(27)23(30)28(2)24(26-21)32-15-20(29)25-13-7-10-16-8-5-4-6-9-16/h4-6,8-9,11-12,14H,7,10,13,15H2,1-3H3,(H,25,29). The summed E-state index contributed by atoms with van der Waals surface area (Å²) < 4.78 is 8.70. The van der Waals surface area contributed by atoms with Crippen LogP contribution in [0.15, 0.2) is 58.5 Å². The van der Waals surface area contributed by atoms with Crippen molar-refractivity contribution >= 4 is 39.6 Å². The van der Waals surface area contributed by atoms with Crippen LogP contribution in [-0.4, -0.2) is 39.4 Å². The van der Waals surface area contributed by atoms with Crippen LogP contribution < -0.4 is 15.6 Å². The number of nitrogens with zero attached hydrogens (tertiary/aromatic N) is 3. The fourth-order valence-electron chi connectivity index (χ4n) is 3.78. The van der Waals surface area contributed by atoms with Gasteiger partial charge in [-0.15, -0.1) is 0 Å². The Hall–Kier alpha value is -3.26. The van der Waals surface area contributed by atoms with Gasteiger partial charge in [0.25, 0.3) is 5.56 Å². The van der Waals surface area contributed by atoms with Gasteiger partial charge in [-0.1, -0.05) is 42.1 Å². The van der Waals surface area contributed by atoms with Gasteiger partial charge in [0.1, 0.15) is 16.8 Å². The molecule has 0 aliphatic rings. The number of nitrogens with one attached hydrogen (secondary N) is 1. The molecule has 0 saturated carbocycles. The topological polar surface area (TPSA) is 78.2 Å². The number of hydrogen-bond acceptors (Lipinski definition) is 5. The van der Waals surface area contributed by atoms with Gasteiger partial charge in [0, 0.05) is 26.0 Å². The van der Waals surface area contributed by atoms with Crippen LogP contribution in [0.2, 0.25) is 0 Å². The van der Waals surface area contributed by atoms with Gasteiger partial charge in [-0.2, -0.15) is 0 Å². The Morgan fingerprint density at radius 1 is 1.12 bits per heavy atom. The molecule has 166 valence electrons. The van der Waals surface area contributed by atoms with E-state index >= 15 is 0 Å². The number of carbonyl (C=O) groups is 1. The van der Waals surface area contributed by atoms with Crippen LogP contribution in [0, 0.1) is 0 Å². The smallest absolute Gasteiger partial charge is 0.278 e. The number of thioether (sulfide) groups is 1. The highest BCUT2D eigenvalue weighted by molar-refractivity contribution is 7.99. The van der Waals surface area contributed by atoms with E-state index in [1.165, 1.54) is 21.9 Å². The largest absolute Gasteiger partial charge is 0.497 e. The fraction of sp³-hybridized carbons (Fsp3) is 0.292. The molecular formula is C24H26N4O3S. The maximum absolute atomic E-state index is 13.0. The van der Waals surface area contributed by atoms with Gasteiger partial charge < -0.3 is 14.6 Å². The number of methoxy groups -OCH3 is 1. The molecule has 0 radical (unpaired) electrons. The summed E-state index contributed by atoms with van der Waals surface area (Å²) in [6, 6.07) is 15.9. The van der Waals surface area contributed by atoms with Crippen LogP contribution in [-0.2, 0) is 25.3 Å². The Labute approximate surface area is 190 Å². The first kappa shape index (κ1) is 22.0. The molecule has 2 aromatic carbocycles. The molecule has 0 aliphatic heterocycles. The van der Waals surface area contributed by atoms with E-state index < -0.39 is 0 Å². The second-order valence-electron chi connectivity index (χ2n) is 7.63. The highest BCUT2D eigenvalue weighted by Gasteiger charge is 2.18. The van der Waals surface area contributed by atoms with E-state index in [-0.39, 0.29) is 17.2 Å². The molecule has 0 aliphatic carbocycles. The molecule has 0 unspecified atom stereocenters. The Kier molecular flexibility index (Phi) is 6.50. The first-order chi connectivity index (χ1) is 15.5. The van der Waals surface area contributed by atoms with Gasteiger partial charge in [-0.05, 0) is 36.6 Å². The minimum Gasteiger partial charge on any atom is -0.497 e. The van der Waals surface area contributed by atoms with Crippen LogP contribution in [0.1, 0.15) is 12.0 Å². The minimum absolute atomic E-state index is 0.0722. The van der Waals surface area contributed by atoms with Crippen LogP contribution in [0.4, 0.5) is 0 Å². The number of aryl methyl sites for hydroxylation is 2. The first-order valence-electron chi connectivity index (χ1n) is 10.5. The molecule has 1 N–H and O–H groups in total. The Morgan fingerprint density at radius 3 is 2.66 bits per heavy atom. The lowest BCUT2D eigenvalue weighted by atomic mass is 10.1. The lowest BCUT2D eigenvalue weighted by molar-refractivity contribution is -0.118. The number of amides is 1. The van der Waals surface area contributed by atoms with Crippen LogP contribution in [0.25, 0.3) is 21.9 Å². The van der Waals surface area contributed by atoms with Gasteiger partial charge in [0.2, 0.25) is 5.91 Å². The molecule has 2 heterocycles. The summed E-state index contributed by atoms with van der Waals surface area (Å²) >= 11 is 1.27. The Morgan fingerprint density at radius 2 is 1.91 bits per heavy atom. The van der Waals surface area contributed by atoms with Gasteiger partial charge in [-0.3, -0.25) is 14.2 Å². The van der Waals surface area contributed by atoms with Crippen LogP contribution in [0.5, 0.6) is 5.75 Å². The van der Waals surface area contributed by atoms with E-state index in [1.807, 2.05) is 48.0 Å². The molecule has 32 heavy (non-hydrogen) atoms. The zero-order valence-corrected chi connectivity index (χ0v) is 19.2. The SMILES string of the molecule is COc1ccc2c(c1)c1nc(SCC(=O)NCCCc3ccccc3)n(C)c(=O)c1n2C. The Balaban J connectivity index is 1.47. The van der Waals surface area contributed by atoms with Crippen molar-refractivity contribution in [3.63, 3.8) is 0 Å². The van der Waals surface area contributed by atoms with Gasteiger partial charge in [0.15, 0.2) is 5.16 Å². The van der Waals surface area contributed by atoms with Crippen LogP contribution in [0.3, 0.4) is 0 Å². The lowest BCUT2D eigenvalue weighted by Crippen LogP contribution is -2.27. The summed E-state index contributed by atoms with van der Waals surface area (Å²) in [6.45, 7) is 0.614. The van der Waals surface area contributed by atoms with Crippen LogP contribution >= 0.6 is 11.8 Å². The maximum atomic E-state index is 13.0. The molecule has 0 fully saturated rings. The summed E-state index contributed by atoms with van der Waals surface area (Å²) in [5.41, 5.74) is 3.18. The quantitative estimate of drug-likeness (QED) is 0.253. The van der Waals surface area contributed by atoms with E-state index in [2.05, 4.69) is 17.4 Å². The number of fused-ring (bicyclic) bond motifs is 3. The average molecular weight is 451 g/mol. The molecule has 7 nitrogen and oxygen atoms in total. The van der Waals surface area contributed by atoms with Crippen molar-refractivity contribution in [1.82, 2.24) is 19.4 Å². The van der Waals surface area contributed by atoms with Crippen molar-refractivity contribution in [1.29, 1.82) is 0 Å². The predicted octanol–water partition coefficient (Wildman–Crippen LogP) is 3.27. The Bertz CT molecular complexity index is 1330. The molecule has 0 saturated heterocycles. The third-order valence-corrected chi connectivity index (χ3v) is 6.55. The molecular weight excluding hydrogens is 424 g/mol. The number of benzene rings is 2. The molecule has 4 aromatic rings. The third kappa shape index (κ3) is 4.36. The van der Waals surface area contributed by atoms with Gasteiger partial charge in [-0.25, -0.2) is 4.98 Å². The predicted molar refractivity (Wildman–Crippen MR) is 129 cm³/mol. The first-order valence-corrected chi connectivity index (χ1v) is 11.4. The summed E-state index contributed by atoms with van der Waals surface area (Å²) in [5.74, 6) is 0.833. The fourth-order valence-corrected chi connectivity index (χ4v) is 4.58. The molecule has 0 spiro atoms. The second-order valence-corrected chi connectivity index (χ2v) is 8.57. The number of carbonyl (C=O) groups excluding carboxylic acids is 1. The molecule has 0 atom stereocenters. The van der Waals surface area contributed by atoms with Gasteiger partial charge in [0.05, 0.1) is 18.4 Å². The number of hydrogen-bond donors (Lipinski definition) is 1. The van der Waals surface area contributed by atoms with Crippen molar-refractivity contribution in [3.8, 4) is 5.75 Å². The minimum atomic E-state index is -0.140. The van der Waals surface area contributed by atoms with E-state index in [0.29, 0.717) is 28.5 Å². The van der Waals surface area contributed by atoms with Gasteiger partial charge >= 0.3 is 0 Å². The third-order valence-electron chi connectivity index (χ3n) is 5.52. The summed E-state index contributed by atoms with van der Waals surface area (Å²) in [7, 11) is 5.15. The number of aromatic nitrogens is 3. The summed E-state index contributed by atoms with van der Waals surface area (Å²) in [5, 5.41) is 4.31. The zero-order chi connectivity index (χ0) is 22.7. The molecule has 0 bridgehead atoms. The lowest BCUT2D eigenvalue weighted by Gasteiger charge is -2.08. The summed E-state index contributed by atoms with van der Waals surface area (Å²) in [4.78, 5) is 30.1. The molecule has 2 aromatic heterocycles. The van der Waals surface area contributed by atoms with E-state index in [0.717, 1.165) is 23.7 Å². The molecule has 4 rings (SSSR count). The normalized spacial score (nSPS) is 11.2. The molecule has 1 amide bonds. The van der Waals surface area contributed by atoms with Crippen molar-refractivity contribution in [2.45, 2.75) is 18.0 Å². The second kappa shape index (κ2) is 9.48. The van der Waals surface area contributed by atoms with E-state index in [9.17, 15) is 9.59 Å².